The average molecular weight is 264 g/mol. The zero-order valence-corrected chi connectivity index (χ0v) is 12.0. The highest BCUT2D eigenvalue weighted by molar-refractivity contribution is 5.16. The second kappa shape index (κ2) is 7.01. The van der Waals surface area contributed by atoms with Crippen molar-refractivity contribution in [2.45, 2.75) is 45.2 Å². The van der Waals surface area contributed by atoms with Crippen LogP contribution in [0.2, 0.25) is 0 Å². The molecule has 19 heavy (non-hydrogen) atoms. The predicted molar refractivity (Wildman–Crippen MR) is 77.8 cm³/mol. The van der Waals surface area contributed by atoms with Gasteiger partial charge in [0.1, 0.15) is 5.82 Å². The molecule has 1 fully saturated rings. The number of benzene rings is 1. The van der Waals surface area contributed by atoms with E-state index in [1.807, 2.05) is 12.1 Å². The van der Waals surface area contributed by atoms with Crippen LogP contribution in [-0.2, 0) is 6.42 Å². The lowest BCUT2D eigenvalue weighted by Crippen LogP contribution is -2.42. The Morgan fingerprint density at radius 2 is 1.79 bits per heavy atom. The smallest absolute Gasteiger partial charge is 0.123 e. The van der Waals surface area contributed by atoms with Crippen LogP contribution in [0.3, 0.4) is 0 Å². The number of halogens is 1. The first kappa shape index (κ1) is 14.5. The van der Waals surface area contributed by atoms with Gasteiger partial charge in [-0.25, -0.2) is 4.39 Å². The van der Waals surface area contributed by atoms with Crippen LogP contribution in [0.5, 0.6) is 0 Å². The lowest BCUT2D eigenvalue weighted by Gasteiger charge is -2.25. The molecule has 0 aliphatic carbocycles. The second-order valence-electron chi connectivity index (χ2n) is 5.73. The highest BCUT2D eigenvalue weighted by Gasteiger charge is 2.18. The fourth-order valence-electron chi connectivity index (χ4n) is 2.73. The molecule has 0 radical (unpaired) electrons. The van der Waals surface area contributed by atoms with E-state index in [1.54, 1.807) is 0 Å². The van der Waals surface area contributed by atoms with Crippen LogP contribution in [0.25, 0.3) is 0 Å². The monoisotopic (exact) mass is 264 g/mol. The molecule has 106 valence electrons. The van der Waals surface area contributed by atoms with Crippen LogP contribution in [0.1, 0.15) is 32.3 Å². The van der Waals surface area contributed by atoms with Crippen molar-refractivity contribution in [2.24, 2.45) is 0 Å². The summed E-state index contributed by atoms with van der Waals surface area (Å²) in [5.74, 6) is -0.160. The van der Waals surface area contributed by atoms with Gasteiger partial charge in [-0.15, -0.1) is 0 Å². The molecule has 2 nitrogen and oxygen atoms in total. The Bertz CT molecular complexity index is 371. The molecule has 0 saturated carbocycles. The lowest BCUT2D eigenvalue weighted by atomic mass is 10.1. The fraction of sp³-hybridized carbons (Fsp3) is 0.625. The van der Waals surface area contributed by atoms with E-state index < -0.39 is 0 Å². The standard InChI is InChI=1S/C16H25FN2/c1-13(11-15-5-7-16(17)8-6-15)18-12-14(2)19-9-3-4-10-19/h5-8,13-14,18H,3-4,9-12H2,1-2H3. The first-order chi connectivity index (χ1) is 9.15. The Morgan fingerprint density at radius 1 is 1.16 bits per heavy atom. The molecule has 1 aromatic carbocycles. The first-order valence-electron chi connectivity index (χ1n) is 7.37. The second-order valence-corrected chi connectivity index (χ2v) is 5.73. The molecule has 1 saturated heterocycles. The molecule has 0 aromatic heterocycles. The van der Waals surface area contributed by atoms with Crippen LogP contribution in [0.15, 0.2) is 24.3 Å². The van der Waals surface area contributed by atoms with E-state index in [4.69, 9.17) is 0 Å². The summed E-state index contributed by atoms with van der Waals surface area (Å²) < 4.78 is 12.8. The Kier molecular flexibility index (Phi) is 5.34. The lowest BCUT2D eigenvalue weighted by molar-refractivity contribution is 0.247. The zero-order valence-electron chi connectivity index (χ0n) is 12.0. The van der Waals surface area contributed by atoms with Gasteiger partial charge in [0.25, 0.3) is 0 Å². The predicted octanol–water partition coefficient (Wildman–Crippen LogP) is 2.83. The third kappa shape index (κ3) is 4.59. The minimum Gasteiger partial charge on any atom is -0.312 e. The Labute approximate surface area is 116 Å². The van der Waals surface area contributed by atoms with Gasteiger partial charge in [0.15, 0.2) is 0 Å². The van der Waals surface area contributed by atoms with Gasteiger partial charge < -0.3 is 5.32 Å². The average Bonchev–Trinajstić information content (AvgIpc) is 2.93. The van der Waals surface area contributed by atoms with Crippen molar-refractivity contribution >= 4 is 0 Å². The summed E-state index contributed by atoms with van der Waals surface area (Å²) in [6.07, 6.45) is 3.64. The normalized spacial score (nSPS) is 19.5. The molecule has 0 bridgehead atoms. The number of hydrogen-bond acceptors (Lipinski definition) is 2. The van der Waals surface area contributed by atoms with Gasteiger partial charge >= 0.3 is 0 Å². The maximum absolute atomic E-state index is 12.8. The molecule has 1 aromatic rings. The van der Waals surface area contributed by atoms with Crippen molar-refractivity contribution < 1.29 is 4.39 Å². The largest absolute Gasteiger partial charge is 0.312 e. The topological polar surface area (TPSA) is 15.3 Å². The Morgan fingerprint density at radius 3 is 2.42 bits per heavy atom. The van der Waals surface area contributed by atoms with Crippen molar-refractivity contribution in [1.82, 2.24) is 10.2 Å². The molecule has 0 amide bonds. The van der Waals surface area contributed by atoms with Gasteiger partial charge in [0.05, 0.1) is 0 Å². The fourth-order valence-corrected chi connectivity index (χ4v) is 2.73. The number of likely N-dealkylation sites (tertiary alicyclic amines) is 1. The van der Waals surface area contributed by atoms with E-state index in [2.05, 4.69) is 24.1 Å². The summed E-state index contributed by atoms with van der Waals surface area (Å²) in [5, 5.41) is 3.59. The van der Waals surface area contributed by atoms with Crippen LogP contribution in [0, 0.1) is 5.82 Å². The molecule has 3 heteroatoms. The van der Waals surface area contributed by atoms with Crippen LogP contribution in [-0.4, -0.2) is 36.6 Å². The first-order valence-corrected chi connectivity index (χ1v) is 7.37. The van der Waals surface area contributed by atoms with Gasteiger partial charge in [0.2, 0.25) is 0 Å². The van der Waals surface area contributed by atoms with Crippen molar-refractivity contribution in [2.75, 3.05) is 19.6 Å². The molecule has 1 heterocycles. The summed E-state index contributed by atoms with van der Waals surface area (Å²) in [5.41, 5.74) is 1.19. The van der Waals surface area contributed by atoms with Crippen molar-refractivity contribution in [3.05, 3.63) is 35.6 Å². The molecule has 2 atom stereocenters. The number of rotatable bonds is 6. The summed E-state index contributed by atoms with van der Waals surface area (Å²) in [6, 6.07) is 7.85. The van der Waals surface area contributed by atoms with E-state index in [1.165, 1.54) is 43.6 Å². The Hall–Kier alpha value is -0.930. The van der Waals surface area contributed by atoms with Gasteiger partial charge in [-0.05, 0) is 63.9 Å². The van der Waals surface area contributed by atoms with Crippen LogP contribution < -0.4 is 5.32 Å². The van der Waals surface area contributed by atoms with Gasteiger partial charge in [-0.3, -0.25) is 4.90 Å². The van der Waals surface area contributed by atoms with Gasteiger partial charge in [-0.1, -0.05) is 12.1 Å². The summed E-state index contributed by atoms with van der Waals surface area (Å²) in [6.45, 7) is 8.01. The number of nitrogens with one attached hydrogen (secondary N) is 1. The maximum atomic E-state index is 12.8. The minimum absolute atomic E-state index is 0.160. The van der Waals surface area contributed by atoms with Crippen LogP contribution in [0.4, 0.5) is 4.39 Å². The quantitative estimate of drug-likeness (QED) is 0.850. The van der Waals surface area contributed by atoms with Crippen LogP contribution >= 0.6 is 0 Å². The third-order valence-corrected chi connectivity index (χ3v) is 3.98. The summed E-state index contributed by atoms with van der Waals surface area (Å²) in [4.78, 5) is 2.55. The minimum atomic E-state index is -0.160. The molecule has 1 aliphatic heterocycles. The molecule has 1 aliphatic rings. The molecule has 2 rings (SSSR count). The summed E-state index contributed by atoms with van der Waals surface area (Å²) in [7, 11) is 0. The van der Waals surface area contributed by atoms with E-state index in [-0.39, 0.29) is 5.82 Å². The van der Waals surface area contributed by atoms with E-state index in [0.717, 1.165) is 13.0 Å². The zero-order chi connectivity index (χ0) is 13.7. The number of hydrogen-bond donors (Lipinski definition) is 1. The molecular weight excluding hydrogens is 239 g/mol. The third-order valence-electron chi connectivity index (χ3n) is 3.98. The van der Waals surface area contributed by atoms with E-state index in [9.17, 15) is 4.39 Å². The van der Waals surface area contributed by atoms with Crippen molar-refractivity contribution in [1.29, 1.82) is 0 Å². The number of nitrogens with zero attached hydrogens (tertiary/aromatic N) is 1. The van der Waals surface area contributed by atoms with Crippen molar-refractivity contribution in [3.8, 4) is 0 Å². The summed E-state index contributed by atoms with van der Waals surface area (Å²) >= 11 is 0. The molecule has 2 unspecified atom stereocenters. The Balaban J connectivity index is 1.71. The van der Waals surface area contributed by atoms with E-state index in [0.29, 0.717) is 12.1 Å². The van der Waals surface area contributed by atoms with Gasteiger partial charge in [-0.2, -0.15) is 0 Å². The molecule has 1 N–H and O–H groups in total. The van der Waals surface area contributed by atoms with E-state index >= 15 is 0 Å². The highest BCUT2D eigenvalue weighted by Crippen LogP contribution is 2.11. The molecular formula is C16H25FN2. The maximum Gasteiger partial charge on any atom is 0.123 e. The highest BCUT2D eigenvalue weighted by atomic mass is 19.1. The molecule has 0 spiro atoms. The van der Waals surface area contributed by atoms with Crippen molar-refractivity contribution in [3.63, 3.8) is 0 Å². The SMILES string of the molecule is CC(Cc1ccc(F)cc1)NCC(C)N1CCCC1. The van der Waals surface area contributed by atoms with Gasteiger partial charge in [0, 0.05) is 18.6 Å².